The molecule has 5 aromatic carbocycles. The van der Waals surface area contributed by atoms with Gasteiger partial charge < -0.3 is 4.42 Å². The molecule has 3 aromatic heterocycles. The SMILES string of the molecule is [2H]C([2H])([2H])c1nc(C)c(-c2n(-c3c(C(C)C)cc(-c4ccccc4)cc3C(C)C)c3ccccc3[n+]2C)c2oc3c4c(ccc3c12)-c1ccccc1C4(C)C. The summed E-state index contributed by atoms with van der Waals surface area (Å²) in [7, 11) is 2.10. The lowest BCUT2D eigenvalue weighted by molar-refractivity contribution is -0.633. The number of nitrogens with zero attached hydrogens (tertiary/aromatic N) is 3. The molecule has 0 bridgehead atoms. The van der Waals surface area contributed by atoms with E-state index < -0.39 is 6.85 Å². The molecule has 9 rings (SSSR count). The van der Waals surface area contributed by atoms with Crippen LogP contribution in [-0.2, 0) is 12.5 Å². The summed E-state index contributed by atoms with van der Waals surface area (Å²) < 4.78 is 38.1. The summed E-state index contributed by atoms with van der Waals surface area (Å²) in [6.45, 7) is 13.0. The molecule has 0 atom stereocenters. The number of rotatable bonds is 5. The van der Waals surface area contributed by atoms with Gasteiger partial charge in [-0.05, 0) is 83.8 Å². The molecule has 0 saturated heterocycles. The minimum atomic E-state index is -2.46. The fourth-order valence-corrected chi connectivity index (χ4v) is 8.96. The number of pyridine rings is 1. The average Bonchev–Trinajstić information content (AvgIpc) is 3.76. The van der Waals surface area contributed by atoms with Gasteiger partial charge in [-0.2, -0.15) is 4.57 Å². The van der Waals surface area contributed by atoms with Crippen molar-refractivity contribution in [2.45, 2.75) is 72.6 Å². The smallest absolute Gasteiger partial charge is 0.300 e. The van der Waals surface area contributed by atoms with E-state index in [9.17, 15) is 0 Å². The summed E-state index contributed by atoms with van der Waals surface area (Å²) in [6.07, 6.45) is 0. The van der Waals surface area contributed by atoms with E-state index in [1.165, 1.54) is 33.4 Å². The van der Waals surface area contributed by atoms with E-state index >= 15 is 0 Å². The molecule has 0 spiro atoms. The van der Waals surface area contributed by atoms with E-state index in [-0.39, 0.29) is 22.9 Å². The summed E-state index contributed by atoms with van der Waals surface area (Å²) in [5.74, 6) is 1.29. The normalized spacial score (nSPS) is 14.7. The van der Waals surface area contributed by atoms with Crippen LogP contribution < -0.4 is 4.57 Å². The second-order valence-corrected chi connectivity index (χ2v) is 15.6. The van der Waals surface area contributed by atoms with Crippen LogP contribution in [0.4, 0.5) is 0 Å². The molecule has 3 heterocycles. The molecule has 8 aromatic rings. The van der Waals surface area contributed by atoms with Gasteiger partial charge in [0.15, 0.2) is 16.6 Å². The van der Waals surface area contributed by atoms with Gasteiger partial charge in [-0.1, -0.05) is 114 Å². The van der Waals surface area contributed by atoms with Crippen LogP contribution >= 0.6 is 0 Å². The van der Waals surface area contributed by atoms with Crippen molar-refractivity contribution in [3.63, 3.8) is 0 Å². The quantitative estimate of drug-likeness (QED) is 0.169. The summed E-state index contributed by atoms with van der Waals surface area (Å²) in [4.78, 5) is 5.01. The summed E-state index contributed by atoms with van der Waals surface area (Å²) in [5, 5.41) is 1.33. The molecule has 258 valence electrons. The first-order valence-corrected chi connectivity index (χ1v) is 18.4. The Morgan fingerprint density at radius 1 is 0.750 bits per heavy atom. The van der Waals surface area contributed by atoms with E-state index in [2.05, 4.69) is 155 Å². The Bertz CT molecular complexity index is 2830. The Kier molecular flexibility index (Phi) is 6.45. The second-order valence-electron chi connectivity index (χ2n) is 15.6. The topological polar surface area (TPSA) is 34.8 Å². The van der Waals surface area contributed by atoms with Crippen LogP contribution in [0.15, 0.2) is 108 Å². The molecule has 0 radical (unpaired) electrons. The van der Waals surface area contributed by atoms with Gasteiger partial charge in [0.1, 0.15) is 16.8 Å². The fraction of sp³-hybridized carbons (Fsp3) is 0.250. The van der Waals surface area contributed by atoms with Crippen molar-refractivity contribution in [1.82, 2.24) is 9.55 Å². The Labute approximate surface area is 310 Å². The largest absolute Gasteiger partial charge is 0.455 e. The summed E-state index contributed by atoms with van der Waals surface area (Å²) >= 11 is 0. The van der Waals surface area contributed by atoms with Gasteiger partial charge in [-0.25, -0.2) is 4.57 Å². The maximum Gasteiger partial charge on any atom is 0.300 e. The number of hydrogen-bond donors (Lipinski definition) is 0. The van der Waals surface area contributed by atoms with Crippen LogP contribution in [0, 0.1) is 13.8 Å². The molecule has 0 saturated carbocycles. The summed E-state index contributed by atoms with van der Waals surface area (Å²) in [6, 6.07) is 36.5. The first-order valence-electron chi connectivity index (χ1n) is 19.9. The molecule has 1 aliphatic carbocycles. The van der Waals surface area contributed by atoms with Crippen LogP contribution in [0.5, 0.6) is 0 Å². The maximum absolute atomic E-state index is 8.74. The predicted octanol–water partition coefficient (Wildman–Crippen LogP) is 12.3. The molecule has 4 nitrogen and oxygen atoms in total. The third-order valence-electron chi connectivity index (χ3n) is 11.5. The number of aromatic nitrogens is 3. The monoisotopic (exact) mass is 683 g/mol. The maximum atomic E-state index is 8.74. The molecule has 52 heavy (non-hydrogen) atoms. The molecule has 0 aliphatic heterocycles. The number of imidazole rings is 1. The van der Waals surface area contributed by atoms with Gasteiger partial charge in [-0.15, -0.1) is 0 Å². The second kappa shape index (κ2) is 11.5. The third kappa shape index (κ3) is 4.46. The zero-order chi connectivity index (χ0) is 38.7. The third-order valence-corrected chi connectivity index (χ3v) is 11.5. The molecule has 0 amide bonds. The standard InChI is InChI=1S/C48H46N3O/c1-27(2)36-25-32(31-17-11-10-12-18-31)26-37(28(3)4)44(36)51-40-22-16-15-21-39(40)50(9)47(51)42-30(6)49-29(5)41-35-24-23-34-33-19-13-14-20-38(33)48(7,8)43(34)45(35)52-46(41)42/h10-28H,1-9H3/q+1/i5D3. The van der Waals surface area contributed by atoms with Crippen LogP contribution in [0.25, 0.3) is 72.3 Å². The average molecular weight is 684 g/mol. The molecule has 1 aliphatic rings. The van der Waals surface area contributed by atoms with Crippen LogP contribution in [0.1, 0.15) is 91.1 Å². The number of furan rings is 1. The van der Waals surface area contributed by atoms with Gasteiger partial charge >= 0.3 is 5.82 Å². The zero-order valence-electron chi connectivity index (χ0n) is 34.2. The van der Waals surface area contributed by atoms with Crippen LogP contribution in [-0.4, -0.2) is 9.55 Å². The highest BCUT2D eigenvalue weighted by atomic mass is 16.3. The lowest BCUT2D eigenvalue weighted by atomic mass is 9.82. The molecule has 0 N–H and O–H groups in total. The van der Waals surface area contributed by atoms with Crippen molar-refractivity contribution in [1.29, 1.82) is 0 Å². The highest BCUT2D eigenvalue weighted by Gasteiger charge is 2.40. The van der Waals surface area contributed by atoms with Crippen LogP contribution in [0.2, 0.25) is 0 Å². The molecular weight excluding hydrogens is 635 g/mol. The number of aryl methyl sites for hydroxylation is 3. The minimum absolute atomic E-state index is 0.0686. The number of benzene rings is 5. The summed E-state index contributed by atoms with van der Waals surface area (Å²) in [5.41, 5.74) is 15.1. The van der Waals surface area contributed by atoms with E-state index in [0.717, 1.165) is 50.2 Å². The lowest BCUT2D eigenvalue weighted by Gasteiger charge is -2.21. The van der Waals surface area contributed by atoms with Crippen molar-refractivity contribution in [3.05, 3.63) is 137 Å². The van der Waals surface area contributed by atoms with Crippen molar-refractivity contribution >= 4 is 33.0 Å². The molecule has 4 heteroatoms. The number of hydrogen-bond acceptors (Lipinski definition) is 2. The van der Waals surface area contributed by atoms with E-state index in [1.807, 2.05) is 13.0 Å². The molecular formula is C48H46N3O+. The van der Waals surface area contributed by atoms with E-state index in [4.69, 9.17) is 13.5 Å². The lowest BCUT2D eigenvalue weighted by Crippen LogP contribution is -2.31. The zero-order valence-corrected chi connectivity index (χ0v) is 31.2. The van der Waals surface area contributed by atoms with Gasteiger partial charge in [0.05, 0.1) is 18.1 Å². The van der Waals surface area contributed by atoms with Crippen molar-refractivity contribution in [2.24, 2.45) is 7.05 Å². The van der Waals surface area contributed by atoms with Gasteiger partial charge in [0.2, 0.25) is 0 Å². The van der Waals surface area contributed by atoms with E-state index in [0.29, 0.717) is 16.7 Å². The Morgan fingerprint density at radius 2 is 1.42 bits per heavy atom. The molecule has 0 unspecified atom stereocenters. The first-order chi connectivity index (χ1) is 26.2. The van der Waals surface area contributed by atoms with Gasteiger partial charge in [0, 0.05) is 37.3 Å². The van der Waals surface area contributed by atoms with Gasteiger partial charge in [-0.3, -0.25) is 4.98 Å². The minimum Gasteiger partial charge on any atom is -0.455 e. The highest BCUT2D eigenvalue weighted by molar-refractivity contribution is 6.13. The van der Waals surface area contributed by atoms with E-state index in [1.54, 1.807) is 0 Å². The first kappa shape index (κ1) is 29.1. The van der Waals surface area contributed by atoms with Gasteiger partial charge in [0.25, 0.3) is 0 Å². The Morgan fingerprint density at radius 3 is 2.13 bits per heavy atom. The Hall–Kier alpha value is -5.48. The predicted molar refractivity (Wildman–Crippen MR) is 216 cm³/mol. The van der Waals surface area contributed by atoms with Crippen molar-refractivity contribution in [2.75, 3.05) is 0 Å². The number of fused-ring (bicyclic) bond motifs is 8. The Balaban J connectivity index is 1.45. The molecule has 0 fully saturated rings. The highest BCUT2D eigenvalue weighted by Crippen LogP contribution is 2.53. The fourth-order valence-electron chi connectivity index (χ4n) is 8.96. The van der Waals surface area contributed by atoms with Crippen LogP contribution in [0.3, 0.4) is 0 Å². The van der Waals surface area contributed by atoms with Crippen molar-refractivity contribution < 1.29 is 13.1 Å². The number of para-hydroxylation sites is 2. The van der Waals surface area contributed by atoms with Crippen molar-refractivity contribution in [3.8, 4) is 39.3 Å².